The van der Waals surface area contributed by atoms with Crippen LogP contribution in [0.25, 0.3) is 10.8 Å². The SMILES string of the molecule is CCCc1cccc2cccc(CC)c12. The summed E-state index contributed by atoms with van der Waals surface area (Å²) in [5.41, 5.74) is 2.99. The summed E-state index contributed by atoms with van der Waals surface area (Å²) in [6.45, 7) is 4.48. The Morgan fingerprint density at radius 1 is 0.867 bits per heavy atom. The second-order valence-corrected chi connectivity index (χ2v) is 4.04. The van der Waals surface area contributed by atoms with Crippen LogP contribution < -0.4 is 0 Å². The lowest BCUT2D eigenvalue weighted by Gasteiger charge is -2.09. The second kappa shape index (κ2) is 4.48. The average Bonchev–Trinajstić information content (AvgIpc) is 2.29. The maximum Gasteiger partial charge on any atom is -0.0120 e. The van der Waals surface area contributed by atoms with Crippen molar-refractivity contribution >= 4 is 10.8 Å². The molecule has 0 amide bonds. The van der Waals surface area contributed by atoms with E-state index in [9.17, 15) is 0 Å². The number of aryl methyl sites for hydroxylation is 2. The maximum atomic E-state index is 2.27. The molecule has 0 nitrogen and oxygen atoms in total. The molecule has 0 atom stereocenters. The van der Waals surface area contributed by atoms with Gasteiger partial charge >= 0.3 is 0 Å². The van der Waals surface area contributed by atoms with Crippen LogP contribution in [0.1, 0.15) is 31.4 Å². The Labute approximate surface area is 91.9 Å². The van der Waals surface area contributed by atoms with Gasteiger partial charge in [-0.1, -0.05) is 56.7 Å². The van der Waals surface area contributed by atoms with Crippen molar-refractivity contribution in [3.8, 4) is 0 Å². The van der Waals surface area contributed by atoms with Gasteiger partial charge in [-0.25, -0.2) is 0 Å². The largest absolute Gasteiger partial charge is 0.0651 e. The highest BCUT2D eigenvalue weighted by molar-refractivity contribution is 5.88. The van der Waals surface area contributed by atoms with E-state index in [1.54, 1.807) is 0 Å². The van der Waals surface area contributed by atoms with Crippen LogP contribution in [-0.4, -0.2) is 0 Å². The Bertz CT molecular complexity index is 449. The molecular formula is C15H18. The first-order valence-electron chi connectivity index (χ1n) is 5.86. The Hall–Kier alpha value is -1.30. The van der Waals surface area contributed by atoms with Gasteiger partial charge in [-0.2, -0.15) is 0 Å². The van der Waals surface area contributed by atoms with Gasteiger partial charge in [0, 0.05) is 0 Å². The van der Waals surface area contributed by atoms with Gasteiger partial charge < -0.3 is 0 Å². The van der Waals surface area contributed by atoms with Crippen LogP contribution in [0.4, 0.5) is 0 Å². The molecule has 78 valence electrons. The first-order valence-corrected chi connectivity index (χ1v) is 5.86. The van der Waals surface area contributed by atoms with Gasteiger partial charge in [0.25, 0.3) is 0 Å². The molecule has 0 aliphatic rings. The van der Waals surface area contributed by atoms with Crippen LogP contribution in [0.15, 0.2) is 36.4 Å². The topological polar surface area (TPSA) is 0 Å². The number of hydrogen-bond donors (Lipinski definition) is 0. The van der Waals surface area contributed by atoms with Gasteiger partial charge in [-0.3, -0.25) is 0 Å². The highest BCUT2D eigenvalue weighted by atomic mass is 14.1. The molecule has 0 radical (unpaired) electrons. The zero-order valence-electron chi connectivity index (χ0n) is 9.59. The number of benzene rings is 2. The smallest absolute Gasteiger partial charge is 0.0120 e. The summed E-state index contributed by atoms with van der Waals surface area (Å²) in [5.74, 6) is 0. The standard InChI is InChI=1S/C15H18/c1-3-7-13-9-6-11-14-10-5-8-12(4-2)15(13)14/h5-6,8-11H,3-4,7H2,1-2H3. The molecule has 0 heterocycles. The van der Waals surface area contributed by atoms with Crippen LogP contribution in [-0.2, 0) is 12.8 Å². The fourth-order valence-electron chi connectivity index (χ4n) is 2.27. The van der Waals surface area contributed by atoms with E-state index in [1.165, 1.54) is 34.7 Å². The maximum absolute atomic E-state index is 2.27. The summed E-state index contributed by atoms with van der Waals surface area (Å²) in [6.07, 6.45) is 3.53. The Balaban J connectivity index is 2.69. The zero-order chi connectivity index (χ0) is 10.7. The molecule has 0 saturated heterocycles. The van der Waals surface area contributed by atoms with E-state index >= 15 is 0 Å². The van der Waals surface area contributed by atoms with Crippen LogP contribution in [0.5, 0.6) is 0 Å². The van der Waals surface area contributed by atoms with Gasteiger partial charge in [-0.05, 0) is 34.7 Å². The molecule has 0 bridgehead atoms. The van der Waals surface area contributed by atoms with Crippen LogP contribution >= 0.6 is 0 Å². The molecule has 2 rings (SSSR count). The third-order valence-corrected chi connectivity index (χ3v) is 2.98. The molecule has 15 heavy (non-hydrogen) atoms. The second-order valence-electron chi connectivity index (χ2n) is 4.04. The molecule has 2 aromatic carbocycles. The van der Waals surface area contributed by atoms with Crippen LogP contribution in [0.3, 0.4) is 0 Å². The van der Waals surface area contributed by atoms with Crippen molar-refractivity contribution in [2.24, 2.45) is 0 Å². The summed E-state index contributed by atoms with van der Waals surface area (Å²) < 4.78 is 0. The van der Waals surface area contributed by atoms with Crippen molar-refractivity contribution in [2.75, 3.05) is 0 Å². The third-order valence-electron chi connectivity index (χ3n) is 2.98. The molecule has 0 unspecified atom stereocenters. The predicted octanol–water partition coefficient (Wildman–Crippen LogP) is 4.35. The molecule has 0 aromatic heterocycles. The van der Waals surface area contributed by atoms with Gasteiger partial charge in [0.1, 0.15) is 0 Å². The quantitative estimate of drug-likeness (QED) is 0.687. The van der Waals surface area contributed by atoms with Crippen molar-refractivity contribution in [3.05, 3.63) is 47.5 Å². The van der Waals surface area contributed by atoms with Crippen molar-refractivity contribution in [1.82, 2.24) is 0 Å². The third kappa shape index (κ3) is 1.90. The molecule has 0 fully saturated rings. The van der Waals surface area contributed by atoms with E-state index in [4.69, 9.17) is 0 Å². The lowest BCUT2D eigenvalue weighted by Crippen LogP contribution is -1.90. The fraction of sp³-hybridized carbons (Fsp3) is 0.333. The molecule has 0 aliphatic carbocycles. The van der Waals surface area contributed by atoms with E-state index in [1.807, 2.05) is 0 Å². The first kappa shape index (κ1) is 10.2. The lowest BCUT2D eigenvalue weighted by atomic mass is 9.96. The Kier molecular flexibility index (Phi) is 3.05. The molecule has 0 N–H and O–H groups in total. The predicted molar refractivity (Wildman–Crippen MR) is 67.3 cm³/mol. The van der Waals surface area contributed by atoms with Crippen molar-refractivity contribution in [3.63, 3.8) is 0 Å². The minimum Gasteiger partial charge on any atom is -0.0651 e. The minimum atomic E-state index is 1.12. The monoisotopic (exact) mass is 198 g/mol. The molecule has 0 aliphatic heterocycles. The number of hydrogen-bond acceptors (Lipinski definition) is 0. The lowest BCUT2D eigenvalue weighted by molar-refractivity contribution is 0.928. The van der Waals surface area contributed by atoms with E-state index < -0.39 is 0 Å². The average molecular weight is 198 g/mol. The Morgan fingerprint density at radius 2 is 1.53 bits per heavy atom. The van der Waals surface area contributed by atoms with Crippen LogP contribution in [0, 0.1) is 0 Å². The molecule has 0 heteroatoms. The summed E-state index contributed by atoms with van der Waals surface area (Å²) in [5, 5.41) is 2.88. The van der Waals surface area contributed by atoms with Gasteiger partial charge in [-0.15, -0.1) is 0 Å². The van der Waals surface area contributed by atoms with Crippen molar-refractivity contribution in [2.45, 2.75) is 33.1 Å². The van der Waals surface area contributed by atoms with Crippen molar-refractivity contribution in [1.29, 1.82) is 0 Å². The van der Waals surface area contributed by atoms with Crippen LogP contribution in [0.2, 0.25) is 0 Å². The summed E-state index contributed by atoms with van der Waals surface area (Å²) in [7, 11) is 0. The molecular weight excluding hydrogens is 180 g/mol. The number of fused-ring (bicyclic) bond motifs is 1. The zero-order valence-corrected chi connectivity index (χ0v) is 9.59. The van der Waals surface area contributed by atoms with Gasteiger partial charge in [0.2, 0.25) is 0 Å². The fourth-order valence-corrected chi connectivity index (χ4v) is 2.27. The molecule has 0 saturated carbocycles. The van der Waals surface area contributed by atoms with Gasteiger partial charge in [0.15, 0.2) is 0 Å². The summed E-state index contributed by atoms with van der Waals surface area (Å²) in [4.78, 5) is 0. The van der Waals surface area contributed by atoms with Crippen molar-refractivity contribution < 1.29 is 0 Å². The minimum absolute atomic E-state index is 1.12. The summed E-state index contributed by atoms with van der Waals surface area (Å²) >= 11 is 0. The highest BCUT2D eigenvalue weighted by Crippen LogP contribution is 2.24. The van der Waals surface area contributed by atoms with E-state index in [-0.39, 0.29) is 0 Å². The molecule has 2 aromatic rings. The van der Waals surface area contributed by atoms with E-state index in [0.29, 0.717) is 0 Å². The normalized spacial score (nSPS) is 10.8. The number of rotatable bonds is 3. The first-order chi connectivity index (χ1) is 7.36. The van der Waals surface area contributed by atoms with Gasteiger partial charge in [0.05, 0.1) is 0 Å². The van der Waals surface area contributed by atoms with E-state index in [2.05, 4.69) is 50.2 Å². The van der Waals surface area contributed by atoms with E-state index in [0.717, 1.165) is 6.42 Å². The summed E-state index contributed by atoms with van der Waals surface area (Å²) in [6, 6.07) is 13.3. The molecule has 0 spiro atoms. The highest BCUT2D eigenvalue weighted by Gasteiger charge is 2.03. The Morgan fingerprint density at radius 3 is 2.13 bits per heavy atom.